The van der Waals surface area contributed by atoms with Crippen molar-refractivity contribution in [3.63, 3.8) is 0 Å². The molecule has 1 saturated carbocycles. The molecule has 2 unspecified atom stereocenters. The van der Waals surface area contributed by atoms with Crippen molar-refractivity contribution >= 4 is 10.0 Å². The van der Waals surface area contributed by atoms with Gasteiger partial charge in [0.1, 0.15) is 0 Å². The Hall–Kier alpha value is -0.130. The van der Waals surface area contributed by atoms with Gasteiger partial charge in [-0.05, 0) is 39.2 Å². The second-order valence-corrected chi connectivity index (χ2v) is 7.14. The van der Waals surface area contributed by atoms with Gasteiger partial charge in [-0.2, -0.15) is 0 Å². The van der Waals surface area contributed by atoms with Gasteiger partial charge in [0.15, 0.2) is 0 Å². The molecule has 0 spiro atoms. The summed E-state index contributed by atoms with van der Waals surface area (Å²) in [5.41, 5.74) is 0. The normalized spacial score (nSPS) is 33.1. The Bertz CT molecular complexity index is 323. The lowest BCUT2D eigenvalue weighted by molar-refractivity contribution is 0.360. The minimum Gasteiger partial charge on any atom is -0.314 e. The molecule has 2 atom stereocenters. The predicted octanol–water partition coefficient (Wildman–Crippen LogP) is 0.989. The molecule has 5 heteroatoms. The highest BCUT2D eigenvalue weighted by Crippen LogP contribution is 2.24. The van der Waals surface area contributed by atoms with Gasteiger partial charge < -0.3 is 5.32 Å². The van der Waals surface area contributed by atoms with Gasteiger partial charge in [-0.3, -0.25) is 0 Å². The van der Waals surface area contributed by atoms with Crippen molar-refractivity contribution in [2.24, 2.45) is 0 Å². The Morgan fingerprint density at radius 2 is 1.88 bits per heavy atom. The maximum atomic E-state index is 12.1. The first-order chi connectivity index (χ1) is 7.58. The lowest BCUT2D eigenvalue weighted by Gasteiger charge is -2.29. The monoisotopic (exact) mass is 246 g/mol. The SMILES string of the molecule is CC1CC(NS(=O)(=O)C2CCCC2)CCN1. The minimum absolute atomic E-state index is 0.127. The Balaban J connectivity index is 1.92. The Morgan fingerprint density at radius 3 is 2.50 bits per heavy atom. The molecule has 16 heavy (non-hydrogen) atoms. The Kier molecular flexibility index (Phi) is 3.87. The molecule has 1 aliphatic carbocycles. The van der Waals surface area contributed by atoms with E-state index in [9.17, 15) is 8.42 Å². The van der Waals surface area contributed by atoms with E-state index in [2.05, 4.69) is 17.0 Å². The molecule has 2 aliphatic rings. The van der Waals surface area contributed by atoms with Crippen molar-refractivity contribution in [1.29, 1.82) is 0 Å². The molecular formula is C11H22N2O2S. The second-order valence-electron chi connectivity index (χ2n) is 5.15. The van der Waals surface area contributed by atoms with Crippen molar-refractivity contribution in [3.8, 4) is 0 Å². The summed E-state index contributed by atoms with van der Waals surface area (Å²) in [5.74, 6) is 0. The van der Waals surface area contributed by atoms with Gasteiger partial charge in [-0.1, -0.05) is 12.8 Å². The highest BCUT2D eigenvalue weighted by atomic mass is 32.2. The van der Waals surface area contributed by atoms with Crippen molar-refractivity contribution in [2.45, 2.75) is 62.8 Å². The van der Waals surface area contributed by atoms with E-state index in [1.54, 1.807) is 0 Å². The molecular weight excluding hydrogens is 224 g/mol. The van der Waals surface area contributed by atoms with Crippen LogP contribution in [-0.4, -0.2) is 32.3 Å². The van der Waals surface area contributed by atoms with E-state index < -0.39 is 10.0 Å². The summed E-state index contributed by atoms with van der Waals surface area (Å²) in [4.78, 5) is 0. The fourth-order valence-corrected chi connectivity index (χ4v) is 4.59. The van der Waals surface area contributed by atoms with Crippen molar-refractivity contribution < 1.29 is 8.42 Å². The quantitative estimate of drug-likeness (QED) is 0.781. The van der Waals surface area contributed by atoms with Gasteiger partial charge in [0.2, 0.25) is 10.0 Å². The summed E-state index contributed by atoms with van der Waals surface area (Å²) in [5, 5.41) is 3.21. The van der Waals surface area contributed by atoms with Crippen LogP contribution >= 0.6 is 0 Å². The average molecular weight is 246 g/mol. The molecule has 0 amide bonds. The molecule has 1 aliphatic heterocycles. The van der Waals surface area contributed by atoms with E-state index in [0.29, 0.717) is 6.04 Å². The number of sulfonamides is 1. The summed E-state index contributed by atoms with van der Waals surface area (Å²) in [6.07, 6.45) is 5.64. The van der Waals surface area contributed by atoms with Crippen LogP contribution in [0, 0.1) is 0 Å². The van der Waals surface area contributed by atoms with Crippen LogP contribution in [0.25, 0.3) is 0 Å². The number of nitrogens with one attached hydrogen (secondary N) is 2. The predicted molar refractivity (Wildman–Crippen MR) is 64.8 cm³/mol. The fourth-order valence-electron chi connectivity index (χ4n) is 2.77. The lowest BCUT2D eigenvalue weighted by Crippen LogP contribution is -2.48. The molecule has 1 heterocycles. The summed E-state index contributed by atoms with van der Waals surface area (Å²) in [7, 11) is -3.06. The van der Waals surface area contributed by atoms with Crippen molar-refractivity contribution in [2.75, 3.05) is 6.54 Å². The van der Waals surface area contributed by atoms with Gasteiger partial charge in [0.05, 0.1) is 5.25 Å². The van der Waals surface area contributed by atoms with E-state index in [4.69, 9.17) is 0 Å². The first-order valence-electron chi connectivity index (χ1n) is 6.32. The standard InChI is InChI=1S/C11H22N2O2S/c1-9-8-10(6-7-12-9)13-16(14,15)11-4-2-3-5-11/h9-13H,2-8H2,1H3. The highest BCUT2D eigenvalue weighted by molar-refractivity contribution is 7.90. The number of piperidine rings is 1. The smallest absolute Gasteiger partial charge is 0.214 e. The lowest BCUT2D eigenvalue weighted by atomic mass is 10.0. The maximum absolute atomic E-state index is 12.1. The summed E-state index contributed by atoms with van der Waals surface area (Å²) >= 11 is 0. The van der Waals surface area contributed by atoms with Crippen LogP contribution in [0.4, 0.5) is 0 Å². The van der Waals surface area contributed by atoms with Crippen LogP contribution in [0.2, 0.25) is 0 Å². The molecule has 2 rings (SSSR count). The van der Waals surface area contributed by atoms with Crippen LogP contribution in [0.1, 0.15) is 45.4 Å². The van der Waals surface area contributed by atoms with E-state index in [1.807, 2.05) is 0 Å². The number of rotatable bonds is 3. The molecule has 0 bridgehead atoms. The van der Waals surface area contributed by atoms with Gasteiger partial charge in [-0.15, -0.1) is 0 Å². The van der Waals surface area contributed by atoms with Crippen LogP contribution in [0.3, 0.4) is 0 Å². The molecule has 94 valence electrons. The molecule has 0 aromatic heterocycles. The molecule has 0 aromatic rings. The maximum Gasteiger partial charge on any atom is 0.214 e. The number of hydrogen-bond donors (Lipinski definition) is 2. The van der Waals surface area contributed by atoms with Crippen molar-refractivity contribution in [1.82, 2.24) is 10.0 Å². The van der Waals surface area contributed by atoms with E-state index in [1.165, 1.54) is 0 Å². The van der Waals surface area contributed by atoms with Gasteiger partial charge in [0, 0.05) is 12.1 Å². The highest BCUT2D eigenvalue weighted by Gasteiger charge is 2.31. The summed E-state index contributed by atoms with van der Waals surface area (Å²) < 4.78 is 27.1. The van der Waals surface area contributed by atoms with E-state index in [0.717, 1.165) is 45.1 Å². The first kappa shape index (κ1) is 12.3. The largest absolute Gasteiger partial charge is 0.314 e. The fraction of sp³-hybridized carbons (Fsp3) is 1.00. The van der Waals surface area contributed by atoms with E-state index >= 15 is 0 Å². The van der Waals surface area contributed by atoms with Gasteiger partial charge in [-0.25, -0.2) is 13.1 Å². The molecule has 0 radical (unpaired) electrons. The summed E-state index contributed by atoms with van der Waals surface area (Å²) in [6, 6.07) is 0.562. The van der Waals surface area contributed by atoms with Crippen LogP contribution in [0.15, 0.2) is 0 Å². The molecule has 2 fully saturated rings. The topological polar surface area (TPSA) is 58.2 Å². The summed E-state index contributed by atoms with van der Waals surface area (Å²) in [6.45, 7) is 3.02. The Labute approximate surface area is 98.2 Å². The zero-order valence-corrected chi connectivity index (χ0v) is 10.7. The molecule has 4 nitrogen and oxygen atoms in total. The number of hydrogen-bond acceptors (Lipinski definition) is 3. The average Bonchev–Trinajstić information content (AvgIpc) is 2.69. The third kappa shape index (κ3) is 2.96. The van der Waals surface area contributed by atoms with Crippen molar-refractivity contribution in [3.05, 3.63) is 0 Å². The zero-order valence-electron chi connectivity index (χ0n) is 9.91. The van der Waals surface area contributed by atoms with E-state index in [-0.39, 0.29) is 11.3 Å². The van der Waals surface area contributed by atoms with Crippen LogP contribution in [-0.2, 0) is 10.0 Å². The van der Waals surface area contributed by atoms with Crippen LogP contribution in [0.5, 0.6) is 0 Å². The van der Waals surface area contributed by atoms with Gasteiger partial charge in [0.25, 0.3) is 0 Å². The molecule has 0 aromatic carbocycles. The second kappa shape index (κ2) is 5.02. The zero-order chi connectivity index (χ0) is 11.6. The molecule has 2 N–H and O–H groups in total. The van der Waals surface area contributed by atoms with Gasteiger partial charge >= 0.3 is 0 Å². The third-order valence-corrected chi connectivity index (χ3v) is 5.71. The Morgan fingerprint density at radius 1 is 1.19 bits per heavy atom. The third-order valence-electron chi connectivity index (χ3n) is 3.70. The van der Waals surface area contributed by atoms with Crippen LogP contribution < -0.4 is 10.0 Å². The first-order valence-corrected chi connectivity index (χ1v) is 7.87. The molecule has 1 saturated heterocycles. The minimum atomic E-state index is -3.06.